The van der Waals surface area contributed by atoms with Crippen molar-refractivity contribution in [1.29, 1.82) is 10.5 Å². The molecule has 3 aromatic rings. The van der Waals surface area contributed by atoms with Crippen molar-refractivity contribution in [2.45, 2.75) is 37.1 Å². The van der Waals surface area contributed by atoms with Gasteiger partial charge in [-0.25, -0.2) is 9.37 Å². The number of imidazole rings is 1. The van der Waals surface area contributed by atoms with Crippen LogP contribution in [0.1, 0.15) is 45.9 Å². The van der Waals surface area contributed by atoms with Crippen molar-refractivity contribution < 1.29 is 13.9 Å². The SMILES string of the molecule is COC1(CNC(=O)c2cnn(Cc3cn4cc(C5CC5)cc(C#N)c4n3)c2)C(C#N)=CC=CC1F. The van der Waals surface area contributed by atoms with E-state index >= 15 is 0 Å². The highest BCUT2D eigenvalue weighted by Gasteiger charge is 2.44. The number of fused-ring (bicyclic) bond motifs is 1. The molecule has 1 amide bonds. The van der Waals surface area contributed by atoms with E-state index < -0.39 is 17.7 Å². The number of rotatable bonds is 7. The fraction of sp³-hybridized carbons (Fsp3) is 0.320. The predicted octanol–water partition coefficient (Wildman–Crippen LogP) is 2.80. The van der Waals surface area contributed by atoms with Crippen LogP contribution in [0.15, 0.2) is 54.7 Å². The van der Waals surface area contributed by atoms with Gasteiger partial charge in [0.15, 0.2) is 17.4 Å². The van der Waals surface area contributed by atoms with Gasteiger partial charge in [-0.1, -0.05) is 6.08 Å². The molecule has 0 spiro atoms. The van der Waals surface area contributed by atoms with Crippen molar-refractivity contribution in [3.8, 4) is 12.1 Å². The molecule has 5 rings (SSSR count). The molecule has 9 nitrogen and oxygen atoms in total. The maximum absolute atomic E-state index is 14.7. The number of hydrogen-bond acceptors (Lipinski definition) is 6. The van der Waals surface area contributed by atoms with Gasteiger partial charge in [-0.2, -0.15) is 15.6 Å². The molecule has 1 N–H and O–H groups in total. The van der Waals surface area contributed by atoms with Crippen LogP contribution in [0.4, 0.5) is 4.39 Å². The maximum atomic E-state index is 14.7. The number of hydrogen-bond donors (Lipinski definition) is 1. The van der Waals surface area contributed by atoms with Crippen LogP contribution in [0.5, 0.6) is 0 Å². The number of ether oxygens (including phenoxy) is 1. The van der Waals surface area contributed by atoms with Gasteiger partial charge in [-0.3, -0.25) is 9.48 Å². The molecule has 2 atom stereocenters. The van der Waals surface area contributed by atoms with Gasteiger partial charge in [-0.05, 0) is 42.5 Å². The monoisotopic (exact) mass is 471 g/mol. The highest BCUT2D eigenvalue weighted by atomic mass is 19.1. The molecular weight excluding hydrogens is 449 g/mol. The van der Waals surface area contributed by atoms with Gasteiger partial charge in [0, 0.05) is 25.7 Å². The third-order valence-corrected chi connectivity index (χ3v) is 6.45. The van der Waals surface area contributed by atoms with Crippen LogP contribution in [0.25, 0.3) is 5.65 Å². The molecule has 176 valence electrons. The van der Waals surface area contributed by atoms with Crippen LogP contribution in [-0.2, 0) is 11.3 Å². The fourth-order valence-corrected chi connectivity index (χ4v) is 4.33. The lowest BCUT2D eigenvalue weighted by Crippen LogP contribution is -2.52. The first-order chi connectivity index (χ1) is 17.0. The lowest BCUT2D eigenvalue weighted by Gasteiger charge is -2.35. The number of halogens is 1. The molecule has 0 saturated heterocycles. The Bertz CT molecular complexity index is 1450. The largest absolute Gasteiger partial charge is 0.367 e. The summed E-state index contributed by atoms with van der Waals surface area (Å²) in [6.07, 6.45) is 11.8. The Morgan fingerprint density at radius 1 is 1.31 bits per heavy atom. The number of nitriles is 2. The summed E-state index contributed by atoms with van der Waals surface area (Å²) in [5.41, 5.74) is 1.75. The van der Waals surface area contributed by atoms with Crippen molar-refractivity contribution in [2.24, 2.45) is 0 Å². The smallest absolute Gasteiger partial charge is 0.254 e. The molecule has 0 aliphatic heterocycles. The molecule has 2 aliphatic rings. The zero-order chi connectivity index (χ0) is 24.6. The molecule has 0 bridgehead atoms. The molecule has 10 heteroatoms. The average molecular weight is 471 g/mol. The van der Waals surface area contributed by atoms with Crippen molar-refractivity contribution in [3.63, 3.8) is 0 Å². The van der Waals surface area contributed by atoms with Crippen LogP contribution in [0.3, 0.4) is 0 Å². The van der Waals surface area contributed by atoms with E-state index in [4.69, 9.17) is 4.74 Å². The zero-order valence-electron chi connectivity index (χ0n) is 19.0. The normalized spacial score (nSPS) is 21.4. The zero-order valence-corrected chi connectivity index (χ0v) is 19.0. The Labute approximate surface area is 200 Å². The standard InChI is InChI=1S/C25H22FN7O2/c1-35-25(20(9-28)3-2-4-22(25)26)15-29-24(34)19-10-30-33(12-19)14-21-13-32-11-18(16-5-6-16)7-17(8-27)23(32)31-21/h2-4,7,10-13,16,22H,5-6,14-15H2,1H3,(H,29,34). The number of nitrogens with zero attached hydrogens (tertiary/aromatic N) is 6. The summed E-state index contributed by atoms with van der Waals surface area (Å²) in [5, 5.41) is 25.8. The number of methoxy groups -OCH3 is 1. The van der Waals surface area contributed by atoms with Crippen LogP contribution in [-0.4, -0.2) is 50.5 Å². The Morgan fingerprint density at radius 2 is 2.14 bits per heavy atom. The highest BCUT2D eigenvalue weighted by molar-refractivity contribution is 5.93. The summed E-state index contributed by atoms with van der Waals surface area (Å²) in [4.78, 5) is 17.3. The topological polar surface area (TPSA) is 121 Å². The first-order valence-corrected chi connectivity index (χ1v) is 11.2. The number of amides is 1. The second-order valence-corrected chi connectivity index (χ2v) is 8.72. The van der Waals surface area contributed by atoms with E-state index in [-0.39, 0.29) is 17.7 Å². The van der Waals surface area contributed by atoms with Crippen molar-refractivity contribution >= 4 is 11.6 Å². The number of pyridine rings is 1. The van der Waals surface area contributed by atoms with Crippen molar-refractivity contribution in [2.75, 3.05) is 13.7 Å². The number of allylic oxidation sites excluding steroid dienone is 2. The number of carbonyl (C=O) groups excluding carboxylic acids is 1. The summed E-state index contributed by atoms with van der Waals surface area (Å²) in [5.74, 6) is 0.0429. The van der Waals surface area contributed by atoms with E-state index in [0.717, 1.165) is 18.4 Å². The van der Waals surface area contributed by atoms with E-state index in [1.807, 2.05) is 28.9 Å². The van der Waals surface area contributed by atoms with Crippen molar-refractivity contribution in [3.05, 3.63) is 77.0 Å². The van der Waals surface area contributed by atoms with Gasteiger partial charge >= 0.3 is 0 Å². The first kappa shape index (κ1) is 22.5. The molecule has 2 aliphatic carbocycles. The summed E-state index contributed by atoms with van der Waals surface area (Å²) < 4.78 is 23.4. The Kier molecular flexibility index (Phi) is 5.67. The van der Waals surface area contributed by atoms with E-state index in [1.54, 1.807) is 10.9 Å². The van der Waals surface area contributed by atoms with E-state index in [2.05, 4.69) is 21.5 Å². The molecule has 0 radical (unpaired) electrons. The van der Waals surface area contributed by atoms with Crippen LogP contribution >= 0.6 is 0 Å². The van der Waals surface area contributed by atoms with Gasteiger partial charge in [0.1, 0.15) is 6.07 Å². The third-order valence-electron chi connectivity index (χ3n) is 6.45. The maximum Gasteiger partial charge on any atom is 0.254 e. The first-order valence-electron chi connectivity index (χ1n) is 11.2. The van der Waals surface area contributed by atoms with Crippen LogP contribution in [0.2, 0.25) is 0 Å². The van der Waals surface area contributed by atoms with Gasteiger partial charge in [-0.15, -0.1) is 0 Å². The Hall–Kier alpha value is -4.28. The Morgan fingerprint density at radius 3 is 2.86 bits per heavy atom. The molecule has 1 fully saturated rings. The Balaban J connectivity index is 1.30. The number of nitrogens with one attached hydrogen (secondary N) is 1. The molecule has 0 aromatic carbocycles. The number of alkyl halides is 1. The molecule has 3 aromatic heterocycles. The van der Waals surface area contributed by atoms with E-state index in [9.17, 15) is 19.7 Å². The minimum atomic E-state index is -1.58. The molecule has 2 unspecified atom stereocenters. The lowest BCUT2D eigenvalue weighted by atomic mass is 9.85. The molecule has 3 heterocycles. The lowest BCUT2D eigenvalue weighted by molar-refractivity contribution is -0.0207. The molecular formula is C25H22FN7O2. The average Bonchev–Trinajstić information content (AvgIpc) is 3.48. The summed E-state index contributed by atoms with van der Waals surface area (Å²) in [7, 11) is 1.31. The van der Waals surface area contributed by atoms with Gasteiger partial charge in [0.2, 0.25) is 0 Å². The van der Waals surface area contributed by atoms with Crippen LogP contribution in [0, 0.1) is 22.7 Å². The van der Waals surface area contributed by atoms with Crippen LogP contribution < -0.4 is 5.32 Å². The van der Waals surface area contributed by atoms with Gasteiger partial charge in [0.25, 0.3) is 5.91 Å². The summed E-state index contributed by atoms with van der Waals surface area (Å²) in [6, 6.07) is 6.08. The third kappa shape index (κ3) is 4.09. The number of aromatic nitrogens is 4. The number of carbonyl (C=O) groups is 1. The fourth-order valence-electron chi connectivity index (χ4n) is 4.33. The molecule has 1 saturated carbocycles. The van der Waals surface area contributed by atoms with Crippen molar-refractivity contribution in [1.82, 2.24) is 24.5 Å². The minimum Gasteiger partial charge on any atom is -0.367 e. The van der Waals surface area contributed by atoms with E-state index in [0.29, 0.717) is 29.4 Å². The predicted molar refractivity (Wildman–Crippen MR) is 123 cm³/mol. The summed E-state index contributed by atoms with van der Waals surface area (Å²) in [6.45, 7) is 0.0877. The van der Waals surface area contributed by atoms with Gasteiger partial charge < -0.3 is 14.5 Å². The summed E-state index contributed by atoms with van der Waals surface area (Å²) >= 11 is 0. The second kappa shape index (κ2) is 8.82. The van der Waals surface area contributed by atoms with Gasteiger partial charge in [0.05, 0.1) is 47.7 Å². The molecule has 35 heavy (non-hydrogen) atoms. The second-order valence-electron chi connectivity index (χ2n) is 8.72. The minimum absolute atomic E-state index is 0.0967. The van der Waals surface area contributed by atoms with E-state index in [1.165, 1.54) is 31.5 Å². The highest BCUT2D eigenvalue weighted by Crippen LogP contribution is 2.40. The quantitative estimate of drug-likeness (QED) is 0.566.